The average molecular weight is 253 g/mol. The highest BCUT2D eigenvalue weighted by molar-refractivity contribution is 5.78. The number of piperidine rings is 1. The van der Waals surface area contributed by atoms with E-state index in [-0.39, 0.29) is 12.0 Å². The zero-order valence-electron chi connectivity index (χ0n) is 11.1. The van der Waals surface area contributed by atoms with Crippen LogP contribution in [0.25, 0.3) is 0 Å². The zero-order valence-corrected chi connectivity index (χ0v) is 11.1. The van der Waals surface area contributed by atoms with E-state index in [9.17, 15) is 9.90 Å². The highest BCUT2D eigenvalue weighted by Crippen LogP contribution is 2.10. The van der Waals surface area contributed by atoms with E-state index < -0.39 is 0 Å². The van der Waals surface area contributed by atoms with Gasteiger partial charge in [-0.25, -0.2) is 0 Å². The van der Waals surface area contributed by atoms with E-state index >= 15 is 0 Å². The van der Waals surface area contributed by atoms with Crippen molar-refractivity contribution >= 4 is 5.91 Å². The topological polar surface area (TPSA) is 67.6 Å². The lowest BCUT2D eigenvalue weighted by molar-refractivity contribution is -0.134. The molecule has 1 aliphatic rings. The van der Waals surface area contributed by atoms with Gasteiger partial charge in [0.05, 0.1) is 18.7 Å². The van der Waals surface area contributed by atoms with Crippen molar-refractivity contribution in [2.75, 3.05) is 33.2 Å². The Balaban J connectivity index is 2.17. The molecular weight excluding hydrogens is 230 g/mol. The predicted molar refractivity (Wildman–Crippen MR) is 68.8 cm³/mol. The number of aliphatic hydroxyl groups excluding tert-OH is 1. The van der Waals surface area contributed by atoms with Crippen LogP contribution in [0, 0.1) is 11.3 Å². The number of amides is 1. The maximum absolute atomic E-state index is 12.0. The third kappa shape index (κ3) is 5.48. The number of likely N-dealkylation sites (tertiary alicyclic amines) is 1. The van der Waals surface area contributed by atoms with Gasteiger partial charge in [-0.05, 0) is 39.3 Å². The van der Waals surface area contributed by atoms with Crippen LogP contribution in [-0.2, 0) is 4.79 Å². The summed E-state index contributed by atoms with van der Waals surface area (Å²) in [5.41, 5.74) is 0. The van der Waals surface area contributed by atoms with Crippen molar-refractivity contribution in [2.24, 2.45) is 0 Å². The Labute approximate surface area is 109 Å². The molecule has 0 aromatic rings. The van der Waals surface area contributed by atoms with Crippen molar-refractivity contribution in [2.45, 2.75) is 38.2 Å². The standard InChI is InChI=1S/C13H23N3O2/c1-15(8-4-2-3-7-14)11-13(18)16-9-5-12(17)6-10-16/h12,17H,2-6,8-11H2,1H3. The third-order valence-electron chi connectivity index (χ3n) is 3.30. The predicted octanol–water partition coefficient (Wildman–Crippen LogP) is 0.595. The quantitative estimate of drug-likeness (QED) is 0.704. The zero-order chi connectivity index (χ0) is 13.4. The summed E-state index contributed by atoms with van der Waals surface area (Å²) in [7, 11) is 1.93. The van der Waals surface area contributed by atoms with Crippen LogP contribution in [0.2, 0.25) is 0 Å². The third-order valence-corrected chi connectivity index (χ3v) is 3.30. The highest BCUT2D eigenvalue weighted by atomic mass is 16.3. The molecular formula is C13H23N3O2. The smallest absolute Gasteiger partial charge is 0.236 e. The van der Waals surface area contributed by atoms with Crippen LogP contribution < -0.4 is 0 Å². The lowest BCUT2D eigenvalue weighted by Gasteiger charge is -2.31. The first-order valence-corrected chi connectivity index (χ1v) is 6.65. The van der Waals surface area contributed by atoms with Gasteiger partial charge in [-0.1, -0.05) is 0 Å². The molecule has 0 aromatic carbocycles. The Bertz CT molecular complexity index is 293. The summed E-state index contributed by atoms with van der Waals surface area (Å²) in [6.07, 6.45) is 3.58. The second kappa shape index (κ2) is 8.06. The van der Waals surface area contributed by atoms with Gasteiger partial charge in [0.2, 0.25) is 5.91 Å². The Morgan fingerprint density at radius 1 is 1.44 bits per heavy atom. The largest absolute Gasteiger partial charge is 0.393 e. The molecule has 1 saturated heterocycles. The van der Waals surface area contributed by atoms with Crippen LogP contribution in [0.4, 0.5) is 0 Å². The van der Waals surface area contributed by atoms with Crippen molar-refractivity contribution < 1.29 is 9.90 Å². The Kier molecular flexibility index (Phi) is 6.69. The van der Waals surface area contributed by atoms with E-state index in [4.69, 9.17) is 5.26 Å². The maximum atomic E-state index is 12.0. The monoisotopic (exact) mass is 253 g/mol. The second-order valence-corrected chi connectivity index (χ2v) is 4.96. The summed E-state index contributed by atoms with van der Waals surface area (Å²) >= 11 is 0. The number of likely N-dealkylation sites (N-methyl/N-ethyl adjacent to an activating group) is 1. The molecule has 5 nitrogen and oxygen atoms in total. The molecule has 5 heteroatoms. The van der Waals surface area contributed by atoms with Crippen LogP contribution >= 0.6 is 0 Å². The van der Waals surface area contributed by atoms with Crippen molar-refractivity contribution in [3.63, 3.8) is 0 Å². The summed E-state index contributed by atoms with van der Waals surface area (Å²) in [6.45, 7) is 2.62. The normalized spacial score (nSPS) is 16.9. The van der Waals surface area contributed by atoms with Gasteiger partial charge in [0.15, 0.2) is 0 Å². The molecule has 1 heterocycles. The van der Waals surface area contributed by atoms with Gasteiger partial charge >= 0.3 is 0 Å². The number of hydrogen-bond donors (Lipinski definition) is 1. The van der Waals surface area contributed by atoms with E-state index in [0.29, 0.717) is 38.9 Å². The van der Waals surface area contributed by atoms with Crippen molar-refractivity contribution in [1.82, 2.24) is 9.80 Å². The molecule has 0 atom stereocenters. The summed E-state index contributed by atoms with van der Waals surface area (Å²) in [5.74, 6) is 0.143. The molecule has 1 fully saturated rings. The van der Waals surface area contributed by atoms with Crippen molar-refractivity contribution in [3.05, 3.63) is 0 Å². The van der Waals surface area contributed by atoms with E-state index in [1.807, 2.05) is 16.8 Å². The molecule has 0 radical (unpaired) electrons. The molecule has 0 aliphatic carbocycles. The van der Waals surface area contributed by atoms with Gasteiger partial charge in [0.1, 0.15) is 0 Å². The molecule has 1 amide bonds. The van der Waals surface area contributed by atoms with Crippen LogP contribution in [0.3, 0.4) is 0 Å². The fraction of sp³-hybridized carbons (Fsp3) is 0.846. The van der Waals surface area contributed by atoms with Gasteiger partial charge in [-0.2, -0.15) is 5.26 Å². The first-order chi connectivity index (χ1) is 8.63. The molecule has 1 aliphatic heterocycles. The first-order valence-electron chi connectivity index (χ1n) is 6.65. The fourth-order valence-electron chi connectivity index (χ4n) is 2.11. The average Bonchev–Trinajstić information content (AvgIpc) is 2.35. The van der Waals surface area contributed by atoms with E-state index in [0.717, 1.165) is 19.4 Å². The summed E-state index contributed by atoms with van der Waals surface area (Å²) in [4.78, 5) is 15.8. The van der Waals surface area contributed by atoms with Crippen LogP contribution in [-0.4, -0.2) is 60.1 Å². The number of nitriles is 1. The molecule has 18 heavy (non-hydrogen) atoms. The number of aliphatic hydroxyl groups is 1. The Morgan fingerprint density at radius 2 is 2.11 bits per heavy atom. The van der Waals surface area contributed by atoms with Crippen LogP contribution in [0.5, 0.6) is 0 Å². The minimum Gasteiger partial charge on any atom is -0.393 e. The van der Waals surface area contributed by atoms with E-state index in [1.54, 1.807) is 0 Å². The highest BCUT2D eigenvalue weighted by Gasteiger charge is 2.21. The summed E-state index contributed by atoms with van der Waals surface area (Å²) in [5, 5.41) is 17.8. The summed E-state index contributed by atoms with van der Waals surface area (Å²) < 4.78 is 0. The minimum absolute atomic E-state index is 0.143. The molecule has 0 unspecified atom stereocenters. The number of unbranched alkanes of at least 4 members (excludes halogenated alkanes) is 2. The molecule has 0 spiro atoms. The molecule has 1 N–H and O–H groups in total. The second-order valence-electron chi connectivity index (χ2n) is 4.96. The lowest BCUT2D eigenvalue weighted by atomic mass is 10.1. The summed E-state index contributed by atoms with van der Waals surface area (Å²) in [6, 6.07) is 2.12. The molecule has 0 saturated carbocycles. The molecule has 1 rings (SSSR count). The Morgan fingerprint density at radius 3 is 2.72 bits per heavy atom. The van der Waals surface area contributed by atoms with Crippen molar-refractivity contribution in [3.8, 4) is 6.07 Å². The molecule has 0 bridgehead atoms. The van der Waals surface area contributed by atoms with Gasteiger partial charge < -0.3 is 10.0 Å². The number of hydrogen-bond acceptors (Lipinski definition) is 4. The van der Waals surface area contributed by atoms with Gasteiger partial charge in [0.25, 0.3) is 0 Å². The Hall–Kier alpha value is -1.12. The van der Waals surface area contributed by atoms with E-state index in [2.05, 4.69) is 6.07 Å². The minimum atomic E-state index is -0.238. The SMILES string of the molecule is CN(CCCCC#N)CC(=O)N1CCC(O)CC1. The van der Waals surface area contributed by atoms with Gasteiger partial charge in [-0.15, -0.1) is 0 Å². The number of rotatable bonds is 6. The first kappa shape index (κ1) is 14.9. The lowest BCUT2D eigenvalue weighted by Crippen LogP contribution is -2.44. The van der Waals surface area contributed by atoms with Crippen molar-refractivity contribution in [1.29, 1.82) is 5.26 Å². The van der Waals surface area contributed by atoms with Crippen LogP contribution in [0.1, 0.15) is 32.1 Å². The van der Waals surface area contributed by atoms with E-state index in [1.165, 1.54) is 0 Å². The number of carbonyl (C=O) groups is 1. The molecule has 0 aromatic heterocycles. The number of nitrogens with zero attached hydrogens (tertiary/aromatic N) is 3. The van der Waals surface area contributed by atoms with Gasteiger partial charge in [-0.3, -0.25) is 9.69 Å². The van der Waals surface area contributed by atoms with Gasteiger partial charge in [0, 0.05) is 19.5 Å². The molecule has 102 valence electrons. The fourth-order valence-corrected chi connectivity index (χ4v) is 2.11. The number of carbonyl (C=O) groups excluding carboxylic acids is 1. The maximum Gasteiger partial charge on any atom is 0.236 e. The van der Waals surface area contributed by atoms with Crippen LogP contribution in [0.15, 0.2) is 0 Å².